The Morgan fingerprint density at radius 2 is 2.12 bits per heavy atom. The summed E-state index contributed by atoms with van der Waals surface area (Å²) in [5.41, 5.74) is 7.37. The minimum Gasteiger partial charge on any atom is -0.341 e. The number of nitrogens with two attached hydrogens (primary N) is 1. The molecule has 0 aliphatic rings. The molecule has 0 saturated heterocycles. The van der Waals surface area contributed by atoms with Gasteiger partial charge in [0, 0.05) is 10.6 Å². The van der Waals surface area contributed by atoms with Crippen molar-refractivity contribution in [2.24, 2.45) is 5.73 Å². The highest BCUT2D eigenvalue weighted by atomic mass is 35.5. The molecular weight excluding hydrogens is 245 g/mol. The standard InChI is InChI=1S/C11H11Cl2N3/c1-6(14)11-15-5-10(16-11)8-4-7(12)2-3-9(8)13/h2-6H,14H2,1H3,(H,15,16). The molecule has 0 fully saturated rings. The predicted octanol–water partition coefficient (Wildman–Crippen LogP) is 3.40. The number of hydrogen-bond acceptors (Lipinski definition) is 2. The molecule has 84 valence electrons. The lowest BCUT2D eigenvalue weighted by Gasteiger charge is -2.02. The Balaban J connectivity index is 2.46. The molecular formula is C11H11Cl2N3. The van der Waals surface area contributed by atoms with Crippen LogP contribution in [0.3, 0.4) is 0 Å². The van der Waals surface area contributed by atoms with Crippen molar-refractivity contribution in [3.05, 3.63) is 40.3 Å². The summed E-state index contributed by atoms with van der Waals surface area (Å²) in [6, 6.07) is 5.16. The fourth-order valence-corrected chi connectivity index (χ4v) is 1.80. The molecule has 0 bridgehead atoms. The van der Waals surface area contributed by atoms with Gasteiger partial charge in [0.05, 0.1) is 23.0 Å². The van der Waals surface area contributed by atoms with E-state index in [9.17, 15) is 0 Å². The van der Waals surface area contributed by atoms with Gasteiger partial charge >= 0.3 is 0 Å². The number of benzene rings is 1. The van der Waals surface area contributed by atoms with Crippen molar-refractivity contribution in [3.8, 4) is 11.3 Å². The molecule has 2 aromatic rings. The number of hydrogen-bond donors (Lipinski definition) is 2. The molecule has 5 heteroatoms. The highest BCUT2D eigenvalue weighted by Crippen LogP contribution is 2.29. The molecule has 0 spiro atoms. The van der Waals surface area contributed by atoms with Crippen LogP contribution in [0, 0.1) is 0 Å². The average Bonchev–Trinajstić information content (AvgIpc) is 2.70. The SMILES string of the molecule is CC(N)c1ncc(-c2cc(Cl)ccc2Cl)[nH]1. The highest BCUT2D eigenvalue weighted by Gasteiger charge is 2.09. The van der Waals surface area contributed by atoms with Crippen LogP contribution in [0.25, 0.3) is 11.3 Å². The first-order chi connectivity index (χ1) is 7.58. The van der Waals surface area contributed by atoms with E-state index >= 15 is 0 Å². The first-order valence-corrected chi connectivity index (χ1v) is 5.59. The van der Waals surface area contributed by atoms with Gasteiger partial charge in [-0.3, -0.25) is 0 Å². The van der Waals surface area contributed by atoms with Gasteiger partial charge in [0.25, 0.3) is 0 Å². The molecule has 1 aromatic heterocycles. The maximum atomic E-state index is 6.08. The Hall–Kier alpha value is -1.03. The number of halogens is 2. The number of imidazole rings is 1. The van der Waals surface area contributed by atoms with E-state index in [0.29, 0.717) is 10.0 Å². The predicted molar refractivity (Wildman–Crippen MR) is 66.6 cm³/mol. The fourth-order valence-electron chi connectivity index (χ4n) is 1.41. The zero-order chi connectivity index (χ0) is 11.7. The van der Waals surface area contributed by atoms with Crippen LogP contribution in [-0.4, -0.2) is 9.97 Å². The molecule has 1 aromatic carbocycles. The van der Waals surface area contributed by atoms with Crippen LogP contribution in [-0.2, 0) is 0 Å². The summed E-state index contributed by atoms with van der Waals surface area (Å²) < 4.78 is 0. The smallest absolute Gasteiger partial charge is 0.123 e. The van der Waals surface area contributed by atoms with Crippen molar-refractivity contribution < 1.29 is 0 Å². The van der Waals surface area contributed by atoms with Crippen molar-refractivity contribution in [2.45, 2.75) is 13.0 Å². The van der Waals surface area contributed by atoms with Crippen LogP contribution in [0.15, 0.2) is 24.4 Å². The van der Waals surface area contributed by atoms with Gasteiger partial charge in [-0.25, -0.2) is 4.98 Å². The Labute approximate surface area is 104 Å². The summed E-state index contributed by atoms with van der Waals surface area (Å²) in [5.74, 6) is 0.728. The second-order valence-corrected chi connectivity index (χ2v) is 4.44. The van der Waals surface area contributed by atoms with E-state index in [1.807, 2.05) is 6.92 Å². The van der Waals surface area contributed by atoms with Gasteiger partial charge in [-0.2, -0.15) is 0 Å². The monoisotopic (exact) mass is 255 g/mol. The molecule has 3 nitrogen and oxygen atoms in total. The Morgan fingerprint density at radius 3 is 2.75 bits per heavy atom. The number of aromatic nitrogens is 2. The second-order valence-electron chi connectivity index (χ2n) is 3.59. The summed E-state index contributed by atoms with van der Waals surface area (Å²) in [6.07, 6.45) is 1.70. The Morgan fingerprint density at radius 1 is 1.38 bits per heavy atom. The summed E-state index contributed by atoms with van der Waals surface area (Å²) in [7, 11) is 0. The first kappa shape index (κ1) is 11.5. The van der Waals surface area contributed by atoms with Crippen molar-refractivity contribution in [2.75, 3.05) is 0 Å². The van der Waals surface area contributed by atoms with Crippen LogP contribution < -0.4 is 5.73 Å². The Bertz CT molecular complexity index is 506. The van der Waals surface area contributed by atoms with Gasteiger partial charge in [0.2, 0.25) is 0 Å². The summed E-state index contributed by atoms with van der Waals surface area (Å²) in [4.78, 5) is 7.30. The number of nitrogens with zero attached hydrogens (tertiary/aromatic N) is 1. The lowest BCUT2D eigenvalue weighted by molar-refractivity contribution is 0.756. The molecule has 0 radical (unpaired) electrons. The van der Waals surface area contributed by atoms with Gasteiger partial charge in [0.15, 0.2) is 0 Å². The van der Waals surface area contributed by atoms with Gasteiger partial charge in [-0.05, 0) is 25.1 Å². The Kier molecular flexibility index (Phi) is 3.19. The van der Waals surface area contributed by atoms with Gasteiger partial charge in [-0.1, -0.05) is 23.2 Å². The highest BCUT2D eigenvalue weighted by molar-refractivity contribution is 6.35. The second kappa shape index (κ2) is 4.45. The molecule has 1 heterocycles. The quantitative estimate of drug-likeness (QED) is 0.865. The molecule has 16 heavy (non-hydrogen) atoms. The van der Waals surface area contributed by atoms with E-state index < -0.39 is 0 Å². The third-order valence-corrected chi connectivity index (χ3v) is 2.81. The minimum atomic E-state index is -0.133. The molecule has 0 aliphatic carbocycles. The van der Waals surface area contributed by atoms with Crippen molar-refractivity contribution >= 4 is 23.2 Å². The van der Waals surface area contributed by atoms with Crippen LogP contribution in [0.2, 0.25) is 10.0 Å². The lowest BCUT2D eigenvalue weighted by Crippen LogP contribution is -2.06. The van der Waals surface area contributed by atoms with Crippen LogP contribution in [0.4, 0.5) is 0 Å². The number of nitrogens with one attached hydrogen (secondary N) is 1. The fraction of sp³-hybridized carbons (Fsp3) is 0.182. The van der Waals surface area contributed by atoms with Gasteiger partial charge < -0.3 is 10.7 Å². The minimum absolute atomic E-state index is 0.133. The molecule has 3 N–H and O–H groups in total. The molecule has 1 unspecified atom stereocenters. The first-order valence-electron chi connectivity index (χ1n) is 4.84. The van der Waals surface area contributed by atoms with Crippen LogP contribution in [0.1, 0.15) is 18.8 Å². The molecule has 0 amide bonds. The van der Waals surface area contributed by atoms with E-state index in [0.717, 1.165) is 17.1 Å². The summed E-state index contributed by atoms with van der Waals surface area (Å²) >= 11 is 12.0. The number of H-pyrrole nitrogens is 1. The van der Waals surface area contributed by atoms with Crippen LogP contribution >= 0.6 is 23.2 Å². The topological polar surface area (TPSA) is 54.7 Å². The van der Waals surface area contributed by atoms with E-state index in [1.54, 1.807) is 24.4 Å². The third-order valence-electron chi connectivity index (χ3n) is 2.25. The zero-order valence-electron chi connectivity index (χ0n) is 8.67. The van der Waals surface area contributed by atoms with E-state index in [-0.39, 0.29) is 6.04 Å². The maximum absolute atomic E-state index is 6.08. The van der Waals surface area contributed by atoms with Gasteiger partial charge in [-0.15, -0.1) is 0 Å². The summed E-state index contributed by atoms with van der Waals surface area (Å²) in [6.45, 7) is 1.86. The van der Waals surface area contributed by atoms with E-state index in [1.165, 1.54) is 0 Å². The largest absolute Gasteiger partial charge is 0.341 e. The van der Waals surface area contributed by atoms with E-state index in [4.69, 9.17) is 28.9 Å². The molecule has 0 aliphatic heterocycles. The normalized spacial score (nSPS) is 12.8. The maximum Gasteiger partial charge on any atom is 0.123 e. The number of rotatable bonds is 2. The van der Waals surface area contributed by atoms with Crippen molar-refractivity contribution in [1.82, 2.24) is 9.97 Å². The van der Waals surface area contributed by atoms with Crippen LogP contribution in [0.5, 0.6) is 0 Å². The molecule has 1 atom stereocenters. The van der Waals surface area contributed by atoms with Crippen molar-refractivity contribution in [3.63, 3.8) is 0 Å². The summed E-state index contributed by atoms with van der Waals surface area (Å²) in [5, 5.41) is 1.26. The number of aromatic amines is 1. The average molecular weight is 256 g/mol. The third kappa shape index (κ3) is 2.21. The zero-order valence-corrected chi connectivity index (χ0v) is 10.2. The molecule has 0 saturated carbocycles. The van der Waals surface area contributed by atoms with E-state index in [2.05, 4.69) is 9.97 Å². The lowest BCUT2D eigenvalue weighted by atomic mass is 10.2. The molecule has 2 rings (SSSR count). The van der Waals surface area contributed by atoms with Crippen molar-refractivity contribution in [1.29, 1.82) is 0 Å². The van der Waals surface area contributed by atoms with Gasteiger partial charge in [0.1, 0.15) is 5.82 Å².